The van der Waals surface area contributed by atoms with Crippen LogP contribution in [0.15, 0.2) is 35.1 Å². The largest absolute Gasteiger partial charge is 0.249 e. The Balaban J connectivity index is 2.39. The second-order valence-corrected chi connectivity index (χ2v) is 4.51. The summed E-state index contributed by atoms with van der Waals surface area (Å²) in [5.41, 5.74) is 1.42. The summed E-state index contributed by atoms with van der Waals surface area (Å²) in [6.07, 6.45) is 5.53. The number of hydrogen-bond donors (Lipinski definition) is 0. The number of hydrogen-bond acceptors (Lipinski definition) is 1. The Kier molecular flexibility index (Phi) is 3.37. The summed E-state index contributed by atoms with van der Waals surface area (Å²) in [6, 6.07) is 8.68. The van der Waals surface area contributed by atoms with Crippen LogP contribution in [0.2, 0.25) is 0 Å². The molecule has 1 nitrogen and oxygen atoms in total. The van der Waals surface area contributed by atoms with Crippen molar-refractivity contribution < 1.29 is 0 Å². The third kappa shape index (κ3) is 2.37. The highest BCUT2D eigenvalue weighted by molar-refractivity contribution is 9.10. The third-order valence-corrected chi connectivity index (χ3v) is 3.23. The number of aromatic nitrogens is 1. The zero-order valence-electron chi connectivity index (χ0n) is 8.83. The fraction of sp³-hybridized carbons (Fsp3) is 0.308. The summed E-state index contributed by atoms with van der Waals surface area (Å²) in [5.74, 6) is 0. The first kappa shape index (κ1) is 10.6. The first-order chi connectivity index (χ1) is 7.31. The first-order valence-electron chi connectivity index (χ1n) is 5.34. The molecule has 0 N–H and O–H groups in total. The van der Waals surface area contributed by atoms with E-state index in [9.17, 15) is 0 Å². The molecule has 2 heteroatoms. The highest BCUT2D eigenvalue weighted by atomic mass is 79.9. The first-order valence-corrected chi connectivity index (χ1v) is 6.13. The van der Waals surface area contributed by atoms with Crippen LogP contribution < -0.4 is 0 Å². The lowest BCUT2D eigenvalue weighted by atomic mass is 10.0. The van der Waals surface area contributed by atoms with Gasteiger partial charge in [-0.1, -0.05) is 31.5 Å². The molecule has 0 aliphatic rings. The van der Waals surface area contributed by atoms with Crippen LogP contribution in [0.3, 0.4) is 0 Å². The van der Waals surface area contributed by atoms with Gasteiger partial charge in [-0.25, -0.2) is 4.98 Å². The predicted molar refractivity (Wildman–Crippen MR) is 68.1 cm³/mol. The molecular weight excluding hydrogens is 250 g/mol. The lowest BCUT2D eigenvalue weighted by Gasteiger charge is -2.03. The Morgan fingerprint density at radius 3 is 2.93 bits per heavy atom. The standard InChI is InChI=1S/C13H14BrN/c1-2-3-4-10-5-6-12-11(9-10)7-8-15-13(12)14/h5-9H,2-4H2,1H3. The van der Waals surface area contributed by atoms with Crippen molar-refractivity contribution in [2.24, 2.45) is 0 Å². The second kappa shape index (κ2) is 4.75. The van der Waals surface area contributed by atoms with E-state index >= 15 is 0 Å². The zero-order chi connectivity index (χ0) is 10.7. The van der Waals surface area contributed by atoms with Crippen molar-refractivity contribution in [1.29, 1.82) is 0 Å². The molecular formula is C13H14BrN. The van der Waals surface area contributed by atoms with Gasteiger partial charge in [0.15, 0.2) is 0 Å². The molecule has 1 aromatic heterocycles. The van der Waals surface area contributed by atoms with E-state index in [-0.39, 0.29) is 0 Å². The molecule has 0 atom stereocenters. The summed E-state index contributed by atoms with van der Waals surface area (Å²) in [5, 5.41) is 2.46. The van der Waals surface area contributed by atoms with Crippen LogP contribution in [-0.4, -0.2) is 4.98 Å². The minimum atomic E-state index is 0.932. The van der Waals surface area contributed by atoms with E-state index in [1.165, 1.54) is 35.6 Å². The molecule has 0 bridgehead atoms. The Bertz CT molecular complexity index is 465. The van der Waals surface area contributed by atoms with Gasteiger partial charge in [0.2, 0.25) is 0 Å². The number of nitrogens with zero attached hydrogens (tertiary/aromatic N) is 1. The van der Waals surface area contributed by atoms with Crippen molar-refractivity contribution in [3.8, 4) is 0 Å². The van der Waals surface area contributed by atoms with Crippen molar-refractivity contribution in [1.82, 2.24) is 4.98 Å². The van der Waals surface area contributed by atoms with Crippen LogP contribution >= 0.6 is 15.9 Å². The Hall–Kier alpha value is -0.890. The molecule has 0 saturated heterocycles. The van der Waals surface area contributed by atoms with Crippen molar-refractivity contribution in [2.75, 3.05) is 0 Å². The van der Waals surface area contributed by atoms with Gasteiger partial charge in [0.25, 0.3) is 0 Å². The molecule has 0 saturated carbocycles. The van der Waals surface area contributed by atoms with Crippen LogP contribution in [0.5, 0.6) is 0 Å². The van der Waals surface area contributed by atoms with Gasteiger partial charge in [-0.05, 0) is 45.8 Å². The Morgan fingerprint density at radius 1 is 1.27 bits per heavy atom. The van der Waals surface area contributed by atoms with Crippen LogP contribution in [-0.2, 0) is 6.42 Å². The van der Waals surface area contributed by atoms with E-state index in [4.69, 9.17) is 0 Å². The van der Waals surface area contributed by atoms with Crippen molar-refractivity contribution in [3.63, 3.8) is 0 Å². The molecule has 0 amide bonds. The van der Waals surface area contributed by atoms with Crippen LogP contribution in [0.4, 0.5) is 0 Å². The van der Waals surface area contributed by atoms with E-state index in [1.54, 1.807) is 0 Å². The second-order valence-electron chi connectivity index (χ2n) is 3.76. The van der Waals surface area contributed by atoms with Crippen molar-refractivity contribution >= 4 is 26.7 Å². The van der Waals surface area contributed by atoms with E-state index in [1.807, 2.05) is 6.20 Å². The average Bonchev–Trinajstić information content (AvgIpc) is 2.26. The molecule has 0 fully saturated rings. The maximum atomic E-state index is 4.22. The molecule has 0 unspecified atom stereocenters. The van der Waals surface area contributed by atoms with Crippen LogP contribution in [0, 0.1) is 0 Å². The van der Waals surface area contributed by atoms with Crippen molar-refractivity contribution in [2.45, 2.75) is 26.2 Å². The normalized spacial score (nSPS) is 10.8. The molecule has 0 aliphatic carbocycles. The monoisotopic (exact) mass is 263 g/mol. The summed E-state index contributed by atoms with van der Waals surface area (Å²) in [7, 11) is 0. The van der Waals surface area contributed by atoms with Gasteiger partial charge >= 0.3 is 0 Å². The number of halogens is 1. The van der Waals surface area contributed by atoms with E-state index < -0.39 is 0 Å². The van der Waals surface area contributed by atoms with Crippen LogP contribution in [0.25, 0.3) is 10.8 Å². The summed E-state index contributed by atoms with van der Waals surface area (Å²) < 4.78 is 0.932. The van der Waals surface area contributed by atoms with E-state index in [0.29, 0.717) is 0 Å². The molecule has 0 spiro atoms. The van der Waals surface area contributed by atoms with Gasteiger partial charge in [0.05, 0.1) is 0 Å². The smallest absolute Gasteiger partial charge is 0.113 e. The minimum absolute atomic E-state index is 0.932. The molecule has 0 aliphatic heterocycles. The molecule has 0 radical (unpaired) electrons. The number of benzene rings is 1. The van der Waals surface area contributed by atoms with E-state index in [0.717, 1.165) is 4.60 Å². The quantitative estimate of drug-likeness (QED) is 0.751. The molecule has 1 aromatic carbocycles. The van der Waals surface area contributed by atoms with Gasteiger partial charge < -0.3 is 0 Å². The molecule has 1 heterocycles. The average molecular weight is 264 g/mol. The molecule has 2 rings (SSSR count). The lowest BCUT2D eigenvalue weighted by Crippen LogP contribution is -1.86. The number of fused-ring (bicyclic) bond motifs is 1. The fourth-order valence-electron chi connectivity index (χ4n) is 1.73. The van der Waals surface area contributed by atoms with Crippen molar-refractivity contribution in [3.05, 3.63) is 40.6 Å². The molecule has 2 aromatic rings. The predicted octanol–water partition coefficient (Wildman–Crippen LogP) is 4.34. The fourth-order valence-corrected chi connectivity index (χ4v) is 2.21. The Labute approximate surface area is 98.7 Å². The van der Waals surface area contributed by atoms with Crippen LogP contribution in [0.1, 0.15) is 25.3 Å². The Morgan fingerprint density at radius 2 is 2.13 bits per heavy atom. The highest BCUT2D eigenvalue weighted by Gasteiger charge is 2.00. The lowest BCUT2D eigenvalue weighted by molar-refractivity contribution is 0.796. The van der Waals surface area contributed by atoms with Gasteiger partial charge in [-0.3, -0.25) is 0 Å². The number of unbranched alkanes of at least 4 members (excludes halogenated alkanes) is 1. The number of aryl methyl sites for hydroxylation is 1. The summed E-state index contributed by atoms with van der Waals surface area (Å²) >= 11 is 3.46. The maximum Gasteiger partial charge on any atom is 0.113 e. The maximum absolute atomic E-state index is 4.22. The van der Waals surface area contributed by atoms with E-state index in [2.05, 4.69) is 52.1 Å². The van der Waals surface area contributed by atoms with Gasteiger partial charge in [0, 0.05) is 11.6 Å². The van der Waals surface area contributed by atoms with Gasteiger partial charge in [-0.2, -0.15) is 0 Å². The summed E-state index contributed by atoms with van der Waals surface area (Å²) in [4.78, 5) is 4.22. The molecule has 15 heavy (non-hydrogen) atoms. The SMILES string of the molecule is CCCCc1ccc2c(Br)nccc2c1. The highest BCUT2D eigenvalue weighted by Crippen LogP contribution is 2.22. The minimum Gasteiger partial charge on any atom is -0.249 e. The van der Waals surface area contributed by atoms with Gasteiger partial charge in [-0.15, -0.1) is 0 Å². The summed E-state index contributed by atoms with van der Waals surface area (Å²) in [6.45, 7) is 2.22. The topological polar surface area (TPSA) is 12.9 Å². The third-order valence-electron chi connectivity index (χ3n) is 2.60. The molecule has 78 valence electrons. The zero-order valence-corrected chi connectivity index (χ0v) is 10.4. The van der Waals surface area contributed by atoms with Gasteiger partial charge in [0.1, 0.15) is 4.60 Å². The number of pyridine rings is 1. The number of rotatable bonds is 3.